The van der Waals surface area contributed by atoms with Gasteiger partial charge < -0.3 is 24.8 Å². The van der Waals surface area contributed by atoms with E-state index >= 15 is 0 Å². The highest BCUT2D eigenvalue weighted by atomic mass is 35.5. The first-order chi connectivity index (χ1) is 13.1. The molecule has 2 N–H and O–H groups in total. The molecule has 0 aliphatic rings. The molecule has 0 unspecified atom stereocenters. The summed E-state index contributed by atoms with van der Waals surface area (Å²) in [6, 6.07) is 12.5. The van der Waals surface area contributed by atoms with E-state index in [9.17, 15) is 0 Å². The van der Waals surface area contributed by atoms with Crippen LogP contribution in [0.2, 0.25) is 5.02 Å². The molecule has 3 aromatic rings. The van der Waals surface area contributed by atoms with Gasteiger partial charge in [-0.25, -0.2) is 4.98 Å². The standard InChI is InChI=1S/C19H19ClN4O3/c1-25-13-5-6-14(17(11-13)27-3)23-19-21-9-8-18(24-19)22-15-10-12(20)4-7-16(15)26-2/h4-11H,1-3H3,(H2,21,22,23,24). The van der Waals surface area contributed by atoms with E-state index in [1.165, 1.54) is 0 Å². The fourth-order valence-electron chi connectivity index (χ4n) is 2.43. The number of halogens is 1. The van der Waals surface area contributed by atoms with Crippen LogP contribution in [-0.2, 0) is 0 Å². The molecule has 0 spiro atoms. The van der Waals surface area contributed by atoms with Gasteiger partial charge in [-0.05, 0) is 36.4 Å². The van der Waals surface area contributed by atoms with Crippen LogP contribution >= 0.6 is 11.6 Å². The molecule has 0 bridgehead atoms. The smallest absolute Gasteiger partial charge is 0.229 e. The average molecular weight is 387 g/mol. The summed E-state index contributed by atoms with van der Waals surface area (Å²) in [4.78, 5) is 8.72. The van der Waals surface area contributed by atoms with E-state index in [0.717, 1.165) is 5.69 Å². The third kappa shape index (κ3) is 4.51. The first kappa shape index (κ1) is 18.6. The van der Waals surface area contributed by atoms with Crippen LogP contribution in [0, 0.1) is 0 Å². The van der Waals surface area contributed by atoms with Gasteiger partial charge >= 0.3 is 0 Å². The van der Waals surface area contributed by atoms with Crippen molar-refractivity contribution in [2.24, 2.45) is 0 Å². The Morgan fingerprint density at radius 2 is 1.63 bits per heavy atom. The number of nitrogens with zero attached hydrogens (tertiary/aromatic N) is 2. The van der Waals surface area contributed by atoms with Crippen LogP contribution in [0.4, 0.5) is 23.1 Å². The molecule has 0 aliphatic heterocycles. The van der Waals surface area contributed by atoms with E-state index in [1.54, 1.807) is 57.9 Å². The molecule has 7 nitrogen and oxygen atoms in total. The van der Waals surface area contributed by atoms with Gasteiger partial charge in [0.25, 0.3) is 0 Å². The number of nitrogens with one attached hydrogen (secondary N) is 2. The van der Waals surface area contributed by atoms with Gasteiger partial charge in [-0.3, -0.25) is 0 Å². The van der Waals surface area contributed by atoms with Crippen molar-refractivity contribution in [3.8, 4) is 17.2 Å². The third-order valence-corrected chi connectivity index (χ3v) is 3.97. The summed E-state index contributed by atoms with van der Waals surface area (Å²) < 4.78 is 15.9. The number of hydrogen-bond acceptors (Lipinski definition) is 7. The second kappa shape index (κ2) is 8.46. The van der Waals surface area contributed by atoms with Crippen LogP contribution in [0.5, 0.6) is 17.2 Å². The SMILES string of the molecule is COc1ccc(Nc2nccc(Nc3cc(Cl)ccc3OC)n2)c(OC)c1. The van der Waals surface area contributed by atoms with E-state index in [-0.39, 0.29) is 0 Å². The highest BCUT2D eigenvalue weighted by molar-refractivity contribution is 6.31. The Morgan fingerprint density at radius 1 is 0.815 bits per heavy atom. The summed E-state index contributed by atoms with van der Waals surface area (Å²) >= 11 is 6.07. The Hall–Kier alpha value is -3.19. The van der Waals surface area contributed by atoms with Gasteiger partial charge in [0.15, 0.2) is 0 Å². The largest absolute Gasteiger partial charge is 0.497 e. The number of aromatic nitrogens is 2. The van der Waals surface area contributed by atoms with Crippen LogP contribution < -0.4 is 24.8 Å². The molecule has 140 valence electrons. The zero-order valence-electron chi connectivity index (χ0n) is 15.1. The highest BCUT2D eigenvalue weighted by Gasteiger charge is 2.09. The van der Waals surface area contributed by atoms with Crippen molar-refractivity contribution < 1.29 is 14.2 Å². The van der Waals surface area contributed by atoms with Gasteiger partial charge in [0.2, 0.25) is 5.95 Å². The summed E-state index contributed by atoms with van der Waals surface area (Å²) in [5, 5.41) is 6.92. The van der Waals surface area contributed by atoms with Gasteiger partial charge in [-0.15, -0.1) is 0 Å². The maximum absolute atomic E-state index is 6.07. The predicted octanol–water partition coefficient (Wildman–Crippen LogP) is 4.64. The lowest BCUT2D eigenvalue weighted by atomic mass is 10.2. The minimum atomic E-state index is 0.407. The maximum Gasteiger partial charge on any atom is 0.229 e. The second-order valence-corrected chi connectivity index (χ2v) is 5.86. The zero-order chi connectivity index (χ0) is 19.2. The number of ether oxygens (including phenoxy) is 3. The van der Waals surface area contributed by atoms with Crippen molar-refractivity contribution in [3.05, 3.63) is 53.7 Å². The molecule has 1 aromatic heterocycles. The second-order valence-electron chi connectivity index (χ2n) is 5.43. The zero-order valence-corrected chi connectivity index (χ0v) is 15.9. The predicted molar refractivity (Wildman–Crippen MR) is 106 cm³/mol. The topological polar surface area (TPSA) is 77.5 Å². The van der Waals surface area contributed by atoms with Gasteiger partial charge in [0.1, 0.15) is 23.1 Å². The van der Waals surface area contributed by atoms with Crippen molar-refractivity contribution >= 4 is 34.7 Å². The summed E-state index contributed by atoms with van der Waals surface area (Å²) in [7, 11) is 4.78. The van der Waals surface area contributed by atoms with Gasteiger partial charge in [-0.1, -0.05) is 11.6 Å². The molecule has 0 saturated carbocycles. The number of rotatable bonds is 7. The molecule has 2 aromatic carbocycles. The molecule has 27 heavy (non-hydrogen) atoms. The normalized spacial score (nSPS) is 10.2. The Balaban J connectivity index is 1.83. The summed E-state index contributed by atoms with van der Waals surface area (Å²) in [5.41, 5.74) is 1.42. The first-order valence-corrected chi connectivity index (χ1v) is 8.43. The van der Waals surface area contributed by atoms with E-state index in [2.05, 4.69) is 20.6 Å². The van der Waals surface area contributed by atoms with Crippen molar-refractivity contribution in [3.63, 3.8) is 0 Å². The third-order valence-electron chi connectivity index (χ3n) is 3.74. The van der Waals surface area contributed by atoms with Crippen molar-refractivity contribution in [2.45, 2.75) is 0 Å². The molecule has 0 saturated heterocycles. The van der Waals surface area contributed by atoms with Crippen LogP contribution in [0.25, 0.3) is 0 Å². The fraction of sp³-hybridized carbons (Fsp3) is 0.158. The minimum Gasteiger partial charge on any atom is -0.497 e. The Morgan fingerprint density at radius 3 is 2.37 bits per heavy atom. The molecule has 0 atom stereocenters. The number of anilines is 4. The lowest BCUT2D eigenvalue weighted by Crippen LogP contribution is -2.02. The van der Waals surface area contributed by atoms with E-state index in [0.29, 0.717) is 39.7 Å². The van der Waals surface area contributed by atoms with Crippen molar-refractivity contribution in [2.75, 3.05) is 32.0 Å². The average Bonchev–Trinajstić information content (AvgIpc) is 2.69. The quantitative estimate of drug-likeness (QED) is 0.612. The van der Waals surface area contributed by atoms with Crippen LogP contribution in [0.1, 0.15) is 0 Å². The molecular weight excluding hydrogens is 368 g/mol. The van der Waals surface area contributed by atoms with E-state index < -0.39 is 0 Å². The fourth-order valence-corrected chi connectivity index (χ4v) is 2.60. The first-order valence-electron chi connectivity index (χ1n) is 8.05. The van der Waals surface area contributed by atoms with Gasteiger partial charge in [0, 0.05) is 17.3 Å². The Labute approximate surface area is 162 Å². The van der Waals surface area contributed by atoms with Crippen molar-refractivity contribution in [1.29, 1.82) is 0 Å². The highest BCUT2D eigenvalue weighted by Crippen LogP contribution is 2.32. The van der Waals surface area contributed by atoms with Crippen LogP contribution in [-0.4, -0.2) is 31.3 Å². The summed E-state index contributed by atoms with van der Waals surface area (Å²) in [6.45, 7) is 0. The lowest BCUT2D eigenvalue weighted by molar-refractivity contribution is 0.395. The van der Waals surface area contributed by atoms with Crippen LogP contribution in [0.3, 0.4) is 0 Å². The molecule has 0 aliphatic carbocycles. The van der Waals surface area contributed by atoms with E-state index in [4.69, 9.17) is 25.8 Å². The number of benzene rings is 2. The lowest BCUT2D eigenvalue weighted by Gasteiger charge is -2.13. The molecule has 8 heteroatoms. The van der Waals surface area contributed by atoms with Gasteiger partial charge in [-0.2, -0.15) is 4.98 Å². The molecular formula is C19H19ClN4O3. The minimum absolute atomic E-state index is 0.407. The molecule has 0 fully saturated rings. The number of methoxy groups -OCH3 is 3. The van der Waals surface area contributed by atoms with Crippen molar-refractivity contribution in [1.82, 2.24) is 9.97 Å². The number of hydrogen-bond donors (Lipinski definition) is 2. The summed E-state index contributed by atoms with van der Waals surface area (Å²) in [6.07, 6.45) is 1.64. The van der Waals surface area contributed by atoms with E-state index in [1.807, 2.05) is 12.1 Å². The Kier molecular flexibility index (Phi) is 5.83. The molecule has 3 rings (SSSR count). The summed E-state index contributed by atoms with van der Waals surface area (Å²) in [5.74, 6) is 2.96. The Bertz CT molecular complexity index is 937. The molecule has 1 heterocycles. The monoisotopic (exact) mass is 386 g/mol. The molecule has 0 amide bonds. The van der Waals surface area contributed by atoms with Crippen LogP contribution in [0.15, 0.2) is 48.7 Å². The van der Waals surface area contributed by atoms with Gasteiger partial charge in [0.05, 0.1) is 32.7 Å². The molecule has 0 radical (unpaired) electrons. The maximum atomic E-state index is 6.07.